The lowest BCUT2D eigenvalue weighted by atomic mass is 9.90. The lowest BCUT2D eigenvalue weighted by Gasteiger charge is -2.31. The van der Waals surface area contributed by atoms with Crippen LogP contribution in [0.15, 0.2) is 0 Å². The lowest BCUT2D eigenvalue weighted by Crippen LogP contribution is -2.45. The second kappa shape index (κ2) is 7.64. The first kappa shape index (κ1) is 15.3. The highest BCUT2D eigenvalue weighted by atomic mass is 16.3. The fourth-order valence-electron chi connectivity index (χ4n) is 3.89. The predicted octanol–water partition coefficient (Wildman–Crippen LogP) is 4.02. The van der Waals surface area contributed by atoms with Crippen LogP contribution in [-0.4, -0.2) is 23.3 Å². The molecule has 0 radical (unpaired) electrons. The van der Waals surface area contributed by atoms with Crippen molar-refractivity contribution in [1.29, 1.82) is 0 Å². The summed E-state index contributed by atoms with van der Waals surface area (Å²) in [7, 11) is 0. The molecule has 2 rings (SSSR count). The van der Waals surface area contributed by atoms with Crippen molar-refractivity contribution < 1.29 is 5.11 Å². The highest BCUT2D eigenvalue weighted by molar-refractivity contribution is 4.85. The lowest BCUT2D eigenvalue weighted by molar-refractivity contribution is 0.0211. The Kier molecular flexibility index (Phi) is 6.15. The molecular weight excluding hydrogens is 234 g/mol. The molecule has 2 saturated carbocycles. The molecular formula is C17H33NO. The molecule has 2 fully saturated rings. The third kappa shape index (κ3) is 5.07. The summed E-state index contributed by atoms with van der Waals surface area (Å²) in [5, 5.41) is 14.4. The minimum Gasteiger partial charge on any atom is -0.389 e. The molecule has 0 aromatic carbocycles. The topological polar surface area (TPSA) is 32.3 Å². The number of nitrogens with one attached hydrogen (secondary N) is 1. The molecule has 0 amide bonds. The van der Waals surface area contributed by atoms with Crippen LogP contribution in [0.2, 0.25) is 0 Å². The highest BCUT2D eigenvalue weighted by Crippen LogP contribution is 2.28. The SMILES string of the molecule is C[C@@H](NCC1(O)CCCCCC1)C1CCCCCC1. The Morgan fingerprint density at radius 3 is 2.05 bits per heavy atom. The van der Waals surface area contributed by atoms with Crippen LogP contribution < -0.4 is 5.32 Å². The van der Waals surface area contributed by atoms with E-state index >= 15 is 0 Å². The normalized spacial score (nSPS) is 27.5. The summed E-state index contributed by atoms with van der Waals surface area (Å²) in [5.41, 5.74) is -0.421. The fourth-order valence-corrected chi connectivity index (χ4v) is 3.89. The van der Waals surface area contributed by atoms with Gasteiger partial charge in [0.05, 0.1) is 5.60 Å². The van der Waals surface area contributed by atoms with Crippen LogP contribution in [0.25, 0.3) is 0 Å². The van der Waals surface area contributed by atoms with E-state index in [1.165, 1.54) is 64.2 Å². The maximum absolute atomic E-state index is 10.7. The highest BCUT2D eigenvalue weighted by Gasteiger charge is 2.29. The van der Waals surface area contributed by atoms with Gasteiger partial charge in [0.15, 0.2) is 0 Å². The zero-order chi connectivity index (χ0) is 13.6. The van der Waals surface area contributed by atoms with Gasteiger partial charge < -0.3 is 10.4 Å². The number of aliphatic hydroxyl groups is 1. The number of hydrogen-bond donors (Lipinski definition) is 2. The Labute approximate surface area is 119 Å². The second-order valence-corrected chi connectivity index (χ2v) is 7.06. The minimum absolute atomic E-state index is 0.421. The molecule has 112 valence electrons. The van der Waals surface area contributed by atoms with E-state index in [0.29, 0.717) is 6.04 Å². The number of rotatable bonds is 4. The molecule has 0 aromatic heterocycles. The van der Waals surface area contributed by atoms with Gasteiger partial charge in [-0.1, -0.05) is 51.4 Å². The van der Waals surface area contributed by atoms with Crippen molar-refractivity contribution >= 4 is 0 Å². The summed E-state index contributed by atoms with van der Waals surface area (Å²) in [6, 6.07) is 0.574. The largest absolute Gasteiger partial charge is 0.389 e. The van der Waals surface area contributed by atoms with Crippen LogP contribution in [0.5, 0.6) is 0 Å². The predicted molar refractivity (Wildman–Crippen MR) is 81.3 cm³/mol. The van der Waals surface area contributed by atoms with Gasteiger partial charge in [0.2, 0.25) is 0 Å². The summed E-state index contributed by atoms with van der Waals surface area (Å²) < 4.78 is 0. The molecule has 0 saturated heterocycles. The smallest absolute Gasteiger partial charge is 0.0771 e. The van der Waals surface area contributed by atoms with Crippen molar-refractivity contribution in [3.8, 4) is 0 Å². The zero-order valence-corrected chi connectivity index (χ0v) is 12.8. The fraction of sp³-hybridized carbons (Fsp3) is 1.00. The summed E-state index contributed by atoms with van der Waals surface area (Å²) in [4.78, 5) is 0. The van der Waals surface area contributed by atoms with Gasteiger partial charge in [-0.15, -0.1) is 0 Å². The number of hydrogen-bond acceptors (Lipinski definition) is 2. The summed E-state index contributed by atoms with van der Waals surface area (Å²) in [6.45, 7) is 3.14. The maximum atomic E-state index is 10.7. The van der Waals surface area contributed by atoms with Gasteiger partial charge >= 0.3 is 0 Å². The van der Waals surface area contributed by atoms with Gasteiger partial charge in [-0.3, -0.25) is 0 Å². The quantitative estimate of drug-likeness (QED) is 0.754. The van der Waals surface area contributed by atoms with Crippen LogP contribution in [-0.2, 0) is 0 Å². The van der Waals surface area contributed by atoms with Gasteiger partial charge in [0.25, 0.3) is 0 Å². The molecule has 2 aliphatic carbocycles. The van der Waals surface area contributed by atoms with E-state index in [-0.39, 0.29) is 0 Å². The van der Waals surface area contributed by atoms with Crippen molar-refractivity contribution in [3.63, 3.8) is 0 Å². The van der Waals surface area contributed by atoms with Gasteiger partial charge in [-0.2, -0.15) is 0 Å². The third-order valence-electron chi connectivity index (χ3n) is 5.39. The molecule has 0 aliphatic heterocycles. The van der Waals surface area contributed by atoms with Crippen molar-refractivity contribution in [2.75, 3.05) is 6.54 Å². The summed E-state index contributed by atoms with van der Waals surface area (Å²) in [6.07, 6.45) is 15.4. The van der Waals surface area contributed by atoms with Gasteiger partial charge in [0, 0.05) is 12.6 Å². The van der Waals surface area contributed by atoms with E-state index in [1.807, 2.05) is 0 Å². The average molecular weight is 267 g/mol. The first-order valence-corrected chi connectivity index (χ1v) is 8.65. The molecule has 2 nitrogen and oxygen atoms in total. The Morgan fingerprint density at radius 2 is 1.47 bits per heavy atom. The first-order valence-electron chi connectivity index (χ1n) is 8.65. The maximum Gasteiger partial charge on any atom is 0.0771 e. The molecule has 2 aliphatic rings. The molecule has 0 aromatic rings. The molecule has 19 heavy (non-hydrogen) atoms. The van der Waals surface area contributed by atoms with Crippen LogP contribution in [0.4, 0.5) is 0 Å². The zero-order valence-electron chi connectivity index (χ0n) is 12.8. The Balaban J connectivity index is 1.76. The molecule has 2 N–H and O–H groups in total. The van der Waals surface area contributed by atoms with E-state index in [1.54, 1.807) is 0 Å². The van der Waals surface area contributed by atoms with Gasteiger partial charge in [-0.05, 0) is 38.5 Å². The molecule has 0 heterocycles. The molecule has 1 atom stereocenters. The molecule has 0 bridgehead atoms. The van der Waals surface area contributed by atoms with Crippen molar-refractivity contribution in [3.05, 3.63) is 0 Å². The molecule has 2 heteroatoms. The van der Waals surface area contributed by atoms with Crippen LogP contribution in [0.1, 0.15) is 84.0 Å². The minimum atomic E-state index is -0.421. The standard InChI is InChI=1S/C17H33NO/c1-15(16-10-6-2-3-7-11-16)18-14-17(19)12-8-4-5-9-13-17/h15-16,18-19H,2-14H2,1H3/t15-/m1/s1. The van der Waals surface area contributed by atoms with Crippen molar-refractivity contribution in [1.82, 2.24) is 5.32 Å². The van der Waals surface area contributed by atoms with Gasteiger partial charge in [-0.25, -0.2) is 0 Å². The summed E-state index contributed by atoms with van der Waals surface area (Å²) >= 11 is 0. The molecule has 0 unspecified atom stereocenters. The van der Waals surface area contributed by atoms with E-state index in [9.17, 15) is 5.11 Å². The van der Waals surface area contributed by atoms with Crippen molar-refractivity contribution in [2.24, 2.45) is 5.92 Å². The van der Waals surface area contributed by atoms with Gasteiger partial charge in [0.1, 0.15) is 0 Å². The Hall–Kier alpha value is -0.0800. The summed E-state index contributed by atoms with van der Waals surface area (Å²) in [5.74, 6) is 0.830. The van der Waals surface area contributed by atoms with Crippen LogP contribution in [0, 0.1) is 5.92 Å². The average Bonchev–Trinajstić information content (AvgIpc) is 2.79. The monoisotopic (exact) mass is 267 g/mol. The second-order valence-electron chi connectivity index (χ2n) is 7.06. The van der Waals surface area contributed by atoms with E-state index in [0.717, 1.165) is 25.3 Å². The van der Waals surface area contributed by atoms with Crippen LogP contribution >= 0.6 is 0 Å². The third-order valence-corrected chi connectivity index (χ3v) is 5.39. The Morgan fingerprint density at radius 1 is 0.947 bits per heavy atom. The molecule has 0 spiro atoms. The van der Waals surface area contributed by atoms with E-state index < -0.39 is 5.60 Å². The van der Waals surface area contributed by atoms with Crippen LogP contribution in [0.3, 0.4) is 0 Å². The van der Waals surface area contributed by atoms with E-state index in [2.05, 4.69) is 12.2 Å². The van der Waals surface area contributed by atoms with E-state index in [4.69, 9.17) is 0 Å². The first-order chi connectivity index (χ1) is 9.20. The Bertz CT molecular complexity index is 238. The van der Waals surface area contributed by atoms with Crippen molar-refractivity contribution in [2.45, 2.75) is 95.6 Å².